The molecule has 2 aromatic rings. The molecule has 1 aliphatic rings. The minimum Gasteiger partial charge on any atom is -0.493 e. The number of carbonyl (C=O) groups is 1. The third kappa shape index (κ3) is 5.18. The zero-order valence-electron chi connectivity index (χ0n) is 17.0. The van der Waals surface area contributed by atoms with Gasteiger partial charge in [-0.25, -0.2) is 0 Å². The van der Waals surface area contributed by atoms with Crippen LogP contribution in [0.25, 0.3) is 0 Å². The van der Waals surface area contributed by atoms with Crippen LogP contribution in [0.5, 0.6) is 11.5 Å². The number of ether oxygens (including phenoxy) is 2. The quantitative estimate of drug-likeness (QED) is 0.700. The van der Waals surface area contributed by atoms with Gasteiger partial charge in [0.25, 0.3) is 5.91 Å². The van der Waals surface area contributed by atoms with Gasteiger partial charge >= 0.3 is 0 Å². The minimum atomic E-state index is -0.161. The minimum absolute atomic E-state index is 0.161. The first-order valence-corrected chi connectivity index (χ1v) is 10.0. The van der Waals surface area contributed by atoms with E-state index in [1.807, 2.05) is 18.2 Å². The van der Waals surface area contributed by atoms with Crippen LogP contribution in [0.15, 0.2) is 42.5 Å². The molecule has 28 heavy (non-hydrogen) atoms. The van der Waals surface area contributed by atoms with Crippen LogP contribution in [0.3, 0.4) is 0 Å². The largest absolute Gasteiger partial charge is 0.493 e. The van der Waals surface area contributed by atoms with Gasteiger partial charge in [-0.3, -0.25) is 4.79 Å². The van der Waals surface area contributed by atoms with Gasteiger partial charge in [-0.05, 0) is 61.6 Å². The Hall–Kier alpha value is -2.69. The summed E-state index contributed by atoms with van der Waals surface area (Å²) in [6, 6.07) is 13.3. The molecule has 1 saturated heterocycles. The van der Waals surface area contributed by atoms with Gasteiger partial charge < -0.3 is 19.7 Å². The Labute approximate surface area is 167 Å². The summed E-state index contributed by atoms with van der Waals surface area (Å²) in [5, 5.41) is 2.99. The van der Waals surface area contributed by atoms with Crippen LogP contribution in [0.4, 0.5) is 11.4 Å². The average molecular weight is 383 g/mol. The standard InChI is InChI=1S/C23H30N2O3/c1-17(2)11-14-28-21-10-9-18(15-22(21)27-3)23(26)24-19-7-6-8-20(16-19)25-12-4-5-13-25/h6-10,15-17H,4-5,11-14H2,1-3H3,(H,24,26). The molecule has 5 nitrogen and oxygen atoms in total. The second-order valence-corrected chi connectivity index (χ2v) is 7.60. The molecule has 0 unspecified atom stereocenters. The van der Waals surface area contributed by atoms with Crippen LogP contribution in [-0.4, -0.2) is 32.7 Å². The molecule has 0 saturated carbocycles. The van der Waals surface area contributed by atoms with E-state index in [0.29, 0.717) is 29.6 Å². The predicted octanol–water partition coefficient (Wildman–Crippen LogP) is 4.97. The summed E-state index contributed by atoms with van der Waals surface area (Å²) >= 11 is 0. The maximum Gasteiger partial charge on any atom is 0.255 e. The van der Waals surface area contributed by atoms with Crippen LogP contribution >= 0.6 is 0 Å². The third-order valence-corrected chi connectivity index (χ3v) is 4.95. The molecular formula is C23H30N2O3. The predicted molar refractivity (Wildman–Crippen MR) is 114 cm³/mol. The topological polar surface area (TPSA) is 50.8 Å². The van der Waals surface area contributed by atoms with Gasteiger partial charge in [-0.2, -0.15) is 0 Å². The Balaban J connectivity index is 1.67. The van der Waals surface area contributed by atoms with Crippen molar-refractivity contribution in [3.63, 3.8) is 0 Å². The molecule has 1 amide bonds. The van der Waals surface area contributed by atoms with Crippen molar-refractivity contribution >= 4 is 17.3 Å². The highest BCUT2D eigenvalue weighted by molar-refractivity contribution is 6.04. The number of rotatable bonds is 8. The highest BCUT2D eigenvalue weighted by atomic mass is 16.5. The molecular weight excluding hydrogens is 352 g/mol. The molecule has 1 N–H and O–H groups in total. The van der Waals surface area contributed by atoms with Gasteiger partial charge in [-0.1, -0.05) is 19.9 Å². The smallest absolute Gasteiger partial charge is 0.255 e. The van der Waals surface area contributed by atoms with E-state index >= 15 is 0 Å². The number of methoxy groups -OCH3 is 1. The van der Waals surface area contributed by atoms with E-state index in [4.69, 9.17) is 9.47 Å². The number of carbonyl (C=O) groups excluding carboxylic acids is 1. The van der Waals surface area contributed by atoms with Crippen LogP contribution in [0, 0.1) is 5.92 Å². The van der Waals surface area contributed by atoms with Gasteiger partial charge in [0.2, 0.25) is 0 Å². The van der Waals surface area contributed by atoms with Crippen LogP contribution in [0.2, 0.25) is 0 Å². The van der Waals surface area contributed by atoms with E-state index in [2.05, 4.69) is 30.1 Å². The zero-order chi connectivity index (χ0) is 19.9. The number of hydrogen-bond donors (Lipinski definition) is 1. The fraction of sp³-hybridized carbons (Fsp3) is 0.435. The normalized spacial score (nSPS) is 13.6. The Morgan fingerprint density at radius 1 is 1.11 bits per heavy atom. The van der Waals surface area contributed by atoms with Crippen LogP contribution in [0.1, 0.15) is 43.5 Å². The van der Waals surface area contributed by atoms with E-state index in [1.165, 1.54) is 12.8 Å². The molecule has 0 spiro atoms. The SMILES string of the molecule is COc1cc(C(=O)Nc2cccc(N3CCCC3)c2)ccc1OCCC(C)C. The second-order valence-electron chi connectivity index (χ2n) is 7.60. The Morgan fingerprint density at radius 2 is 1.89 bits per heavy atom. The number of nitrogens with one attached hydrogen (secondary N) is 1. The zero-order valence-corrected chi connectivity index (χ0v) is 17.0. The lowest BCUT2D eigenvalue weighted by atomic mass is 10.1. The molecule has 0 aromatic heterocycles. The van der Waals surface area contributed by atoms with Gasteiger partial charge in [0.1, 0.15) is 0 Å². The monoisotopic (exact) mass is 382 g/mol. The van der Waals surface area contributed by atoms with E-state index < -0.39 is 0 Å². The Bertz CT molecular complexity index is 798. The maximum absolute atomic E-state index is 12.7. The summed E-state index contributed by atoms with van der Waals surface area (Å²) in [6.45, 7) is 7.10. The molecule has 150 valence electrons. The van der Waals surface area contributed by atoms with Gasteiger partial charge in [0.05, 0.1) is 13.7 Å². The molecule has 1 aliphatic heterocycles. The lowest BCUT2D eigenvalue weighted by Crippen LogP contribution is -2.18. The van der Waals surface area contributed by atoms with Crippen LogP contribution < -0.4 is 19.7 Å². The number of anilines is 2. The summed E-state index contributed by atoms with van der Waals surface area (Å²) in [5.74, 6) is 1.65. The van der Waals surface area contributed by atoms with Gasteiger partial charge in [0, 0.05) is 30.0 Å². The number of amides is 1. The van der Waals surface area contributed by atoms with Crippen molar-refractivity contribution in [2.24, 2.45) is 5.92 Å². The van der Waals surface area contributed by atoms with Crippen molar-refractivity contribution in [3.05, 3.63) is 48.0 Å². The highest BCUT2D eigenvalue weighted by Crippen LogP contribution is 2.29. The number of nitrogens with zero attached hydrogens (tertiary/aromatic N) is 1. The van der Waals surface area contributed by atoms with Gasteiger partial charge in [-0.15, -0.1) is 0 Å². The average Bonchev–Trinajstić information content (AvgIpc) is 3.23. The van der Waals surface area contributed by atoms with Crippen molar-refractivity contribution < 1.29 is 14.3 Å². The summed E-state index contributed by atoms with van der Waals surface area (Å²) < 4.78 is 11.2. The summed E-state index contributed by atoms with van der Waals surface area (Å²) in [4.78, 5) is 15.1. The van der Waals surface area contributed by atoms with Crippen molar-refractivity contribution in [2.75, 3.05) is 37.0 Å². The third-order valence-electron chi connectivity index (χ3n) is 4.95. The lowest BCUT2D eigenvalue weighted by Gasteiger charge is -2.18. The van der Waals surface area contributed by atoms with Crippen molar-refractivity contribution in [1.29, 1.82) is 0 Å². The molecule has 0 atom stereocenters. The van der Waals surface area contributed by atoms with Crippen molar-refractivity contribution in [2.45, 2.75) is 33.1 Å². The maximum atomic E-state index is 12.7. The molecule has 0 aliphatic carbocycles. The summed E-state index contributed by atoms with van der Waals surface area (Å²) in [7, 11) is 1.59. The molecule has 1 fully saturated rings. The van der Waals surface area contributed by atoms with E-state index in [0.717, 1.165) is 30.9 Å². The lowest BCUT2D eigenvalue weighted by molar-refractivity contribution is 0.102. The van der Waals surface area contributed by atoms with E-state index in [-0.39, 0.29) is 5.91 Å². The highest BCUT2D eigenvalue weighted by Gasteiger charge is 2.15. The number of hydrogen-bond acceptors (Lipinski definition) is 4. The van der Waals surface area contributed by atoms with E-state index in [9.17, 15) is 4.79 Å². The molecule has 5 heteroatoms. The van der Waals surface area contributed by atoms with Crippen LogP contribution in [-0.2, 0) is 0 Å². The molecule has 0 bridgehead atoms. The van der Waals surface area contributed by atoms with Crippen molar-refractivity contribution in [1.82, 2.24) is 0 Å². The Kier molecular flexibility index (Phi) is 6.80. The first kappa shape index (κ1) is 20.1. The molecule has 0 radical (unpaired) electrons. The fourth-order valence-corrected chi connectivity index (χ4v) is 3.29. The fourth-order valence-electron chi connectivity index (χ4n) is 3.29. The molecule has 2 aromatic carbocycles. The Morgan fingerprint density at radius 3 is 2.61 bits per heavy atom. The van der Waals surface area contributed by atoms with Gasteiger partial charge in [0.15, 0.2) is 11.5 Å². The summed E-state index contributed by atoms with van der Waals surface area (Å²) in [5.41, 5.74) is 2.49. The summed E-state index contributed by atoms with van der Waals surface area (Å²) in [6.07, 6.45) is 3.42. The molecule has 3 rings (SSSR count). The first-order valence-electron chi connectivity index (χ1n) is 10.0. The van der Waals surface area contributed by atoms with Crippen molar-refractivity contribution in [3.8, 4) is 11.5 Å². The first-order chi connectivity index (χ1) is 13.6. The second kappa shape index (κ2) is 9.49. The molecule has 1 heterocycles. The van der Waals surface area contributed by atoms with E-state index in [1.54, 1.807) is 25.3 Å². The number of benzene rings is 2.